The minimum absolute atomic E-state index is 0.00519. The number of thiophene rings is 1. The Morgan fingerprint density at radius 3 is 2.47 bits per heavy atom. The van der Waals surface area contributed by atoms with Crippen LogP contribution in [-0.4, -0.2) is 6.54 Å². The quantitative estimate of drug-likeness (QED) is 0.790. The van der Waals surface area contributed by atoms with Crippen LogP contribution in [0.1, 0.15) is 23.4 Å². The highest BCUT2D eigenvalue weighted by atomic mass is 79.9. The largest absolute Gasteiger partial charge is 0.306 e. The van der Waals surface area contributed by atoms with E-state index in [-0.39, 0.29) is 5.56 Å². The van der Waals surface area contributed by atoms with Crippen LogP contribution in [0.5, 0.6) is 0 Å². The first-order valence-corrected chi connectivity index (χ1v) is 7.70. The predicted molar refractivity (Wildman–Crippen MR) is 78.9 cm³/mol. The van der Waals surface area contributed by atoms with Gasteiger partial charge in [-0.2, -0.15) is 0 Å². The van der Waals surface area contributed by atoms with Crippen LogP contribution >= 0.6 is 38.9 Å². The standard InChI is InChI=1S/C13H11BrClF2NS/c1-2-18-12(13-8(15)3-4-19-13)11-9(16)5-7(14)6-10(11)17/h3-6,12,18H,2H2,1H3. The van der Waals surface area contributed by atoms with Gasteiger partial charge in [0.15, 0.2) is 0 Å². The van der Waals surface area contributed by atoms with E-state index in [1.807, 2.05) is 6.92 Å². The van der Waals surface area contributed by atoms with Crippen LogP contribution in [0.2, 0.25) is 5.02 Å². The second-order valence-corrected chi connectivity index (χ2v) is 6.18. The van der Waals surface area contributed by atoms with Crippen LogP contribution in [0.15, 0.2) is 28.1 Å². The lowest BCUT2D eigenvalue weighted by atomic mass is 10.0. The molecule has 0 aliphatic rings. The number of rotatable bonds is 4. The molecule has 1 nitrogen and oxygen atoms in total. The van der Waals surface area contributed by atoms with Gasteiger partial charge in [0.25, 0.3) is 0 Å². The molecule has 2 rings (SSSR count). The Morgan fingerprint density at radius 2 is 2.00 bits per heavy atom. The molecule has 0 amide bonds. The van der Waals surface area contributed by atoms with E-state index in [2.05, 4.69) is 21.2 Å². The van der Waals surface area contributed by atoms with E-state index < -0.39 is 17.7 Å². The van der Waals surface area contributed by atoms with E-state index in [1.165, 1.54) is 23.5 Å². The smallest absolute Gasteiger partial charge is 0.132 e. The van der Waals surface area contributed by atoms with E-state index in [4.69, 9.17) is 11.6 Å². The molecule has 1 N–H and O–H groups in total. The molecule has 1 unspecified atom stereocenters. The molecular weight excluding hydrogens is 356 g/mol. The molecule has 0 saturated carbocycles. The molecule has 0 spiro atoms. The van der Waals surface area contributed by atoms with Crippen molar-refractivity contribution in [1.82, 2.24) is 5.32 Å². The van der Waals surface area contributed by atoms with Crippen molar-refractivity contribution in [3.63, 3.8) is 0 Å². The Balaban J connectivity index is 2.54. The van der Waals surface area contributed by atoms with Crippen molar-refractivity contribution < 1.29 is 8.78 Å². The number of hydrogen-bond acceptors (Lipinski definition) is 2. The zero-order chi connectivity index (χ0) is 14.0. The molecule has 19 heavy (non-hydrogen) atoms. The molecule has 1 heterocycles. The molecule has 0 fully saturated rings. The zero-order valence-electron chi connectivity index (χ0n) is 10.0. The van der Waals surface area contributed by atoms with Crippen molar-refractivity contribution in [1.29, 1.82) is 0 Å². The van der Waals surface area contributed by atoms with Gasteiger partial charge in [0.2, 0.25) is 0 Å². The second kappa shape index (κ2) is 6.31. The van der Waals surface area contributed by atoms with Gasteiger partial charge in [0, 0.05) is 14.9 Å². The van der Waals surface area contributed by atoms with Crippen molar-refractivity contribution in [2.45, 2.75) is 13.0 Å². The van der Waals surface area contributed by atoms with Crippen LogP contribution in [0, 0.1) is 11.6 Å². The van der Waals surface area contributed by atoms with E-state index in [0.717, 1.165) is 0 Å². The molecule has 0 saturated heterocycles. The van der Waals surface area contributed by atoms with Gasteiger partial charge in [-0.3, -0.25) is 0 Å². The normalized spacial score (nSPS) is 12.7. The minimum Gasteiger partial charge on any atom is -0.306 e. The van der Waals surface area contributed by atoms with E-state index >= 15 is 0 Å². The number of halogens is 4. The van der Waals surface area contributed by atoms with Crippen molar-refractivity contribution in [3.8, 4) is 0 Å². The average Bonchev–Trinajstić information content (AvgIpc) is 2.73. The van der Waals surface area contributed by atoms with Crippen molar-refractivity contribution in [2.75, 3.05) is 6.54 Å². The fourth-order valence-corrected chi connectivity index (χ4v) is 3.52. The molecule has 2 aromatic rings. The third-order valence-electron chi connectivity index (χ3n) is 2.65. The summed E-state index contributed by atoms with van der Waals surface area (Å²) in [6, 6.07) is 3.65. The Kier molecular flexibility index (Phi) is 4.95. The first kappa shape index (κ1) is 14.9. The second-order valence-electron chi connectivity index (χ2n) is 3.91. The van der Waals surface area contributed by atoms with Gasteiger partial charge < -0.3 is 5.32 Å². The summed E-state index contributed by atoms with van der Waals surface area (Å²) in [5.41, 5.74) is -0.00519. The number of hydrogen-bond donors (Lipinski definition) is 1. The third-order valence-corrected chi connectivity index (χ3v) is 4.53. The predicted octanol–water partition coefficient (Wildman–Crippen LogP) is 5.14. The summed E-state index contributed by atoms with van der Waals surface area (Å²) < 4.78 is 28.5. The van der Waals surface area contributed by atoms with E-state index in [1.54, 1.807) is 11.4 Å². The van der Waals surface area contributed by atoms with Gasteiger partial charge in [0.05, 0.1) is 11.1 Å². The highest BCUT2D eigenvalue weighted by Crippen LogP contribution is 2.36. The van der Waals surface area contributed by atoms with Gasteiger partial charge in [-0.15, -0.1) is 11.3 Å². The zero-order valence-corrected chi connectivity index (χ0v) is 13.2. The first-order chi connectivity index (χ1) is 9.04. The topological polar surface area (TPSA) is 12.0 Å². The van der Waals surface area contributed by atoms with Crippen molar-refractivity contribution >= 4 is 38.9 Å². The molecule has 1 aromatic carbocycles. The molecule has 102 valence electrons. The number of benzene rings is 1. The molecule has 0 radical (unpaired) electrons. The lowest BCUT2D eigenvalue weighted by molar-refractivity contribution is 0.512. The summed E-state index contributed by atoms with van der Waals surface area (Å²) in [7, 11) is 0. The molecule has 1 aromatic heterocycles. The van der Waals surface area contributed by atoms with Crippen LogP contribution in [-0.2, 0) is 0 Å². The Hall–Kier alpha value is -0.490. The van der Waals surface area contributed by atoms with Gasteiger partial charge in [-0.05, 0) is 30.1 Å². The van der Waals surface area contributed by atoms with Gasteiger partial charge in [0.1, 0.15) is 11.6 Å². The van der Waals surface area contributed by atoms with Gasteiger partial charge in [-0.1, -0.05) is 34.5 Å². The van der Waals surface area contributed by atoms with E-state index in [0.29, 0.717) is 20.9 Å². The third kappa shape index (κ3) is 3.16. The molecular formula is C13H11BrClF2NS. The Morgan fingerprint density at radius 1 is 1.37 bits per heavy atom. The molecule has 0 bridgehead atoms. The first-order valence-electron chi connectivity index (χ1n) is 5.65. The van der Waals surface area contributed by atoms with Crippen LogP contribution in [0.4, 0.5) is 8.78 Å². The highest BCUT2D eigenvalue weighted by molar-refractivity contribution is 9.10. The van der Waals surface area contributed by atoms with Crippen LogP contribution in [0.3, 0.4) is 0 Å². The molecule has 0 aliphatic heterocycles. The fourth-order valence-electron chi connectivity index (χ4n) is 1.87. The summed E-state index contributed by atoms with van der Waals surface area (Å²) in [5.74, 6) is -1.19. The minimum atomic E-state index is -0.595. The summed E-state index contributed by atoms with van der Waals surface area (Å²) in [5, 5.41) is 5.39. The average molecular weight is 367 g/mol. The monoisotopic (exact) mass is 365 g/mol. The fraction of sp³-hybridized carbons (Fsp3) is 0.231. The van der Waals surface area contributed by atoms with Crippen molar-refractivity contribution in [2.24, 2.45) is 0 Å². The molecule has 6 heteroatoms. The Labute approximate surface area is 127 Å². The molecule has 1 atom stereocenters. The molecule has 0 aliphatic carbocycles. The maximum Gasteiger partial charge on any atom is 0.132 e. The lowest BCUT2D eigenvalue weighted by Gasteiger charge is -2.19. The van der Waals surface area contributed by atoms with E-state index in [9.17, 15) is 8.78 Å². The summed E-state index contributed by atoms with van der Waals surface area (Å²) in [6.07, 6.45) is 0. The number of nitrogens with one attached hydrogen (secondary N) is 1. The summed E-state index contributed by atoms with van der Waals surface area (Å²) in [6.45, 7) is 2.46. The van der Waals surface area contributed by atoms with Gasteiger partial charge in [-0.25, -0.2) is 8.78 Å². The van der Waals surface area contributed by atoms with Crippen molar-refractivity contribution in [3.05, 3.63) is 55.1 Å². The summed E-state index contributed by atoms with van der Waals surface area (Å²) in [4.78, 5) is 0.712. The Bertz CT molecular complexity index is 565. The summed E-state index contributed by atoms with van der Waals surface area (Å²) >= 11 is 10.5. The van der Waals surface area contributed by atoms with Gasteiger partial charge >= 0.3 is 0 Å². The maximum atomic E-state index is 14.1. The SMILES string of the molecule is CCNC(c1sccc1Cl)c1c(F)cc(Br)cc1F. The van der Waals surface area contributed by atoms with Crippen LogP contribution < -0.4 is 5.32 Å². The van der Waals surface area contributed by atoms with Crippen LogP contribution in [0.25, 0.3) is 0 Å². The highest BCUT2D eigenvalue weighted by Gasteiger charge is 2.24. The lowest BCUT2D eigenvalue weighted by Crippen LogP contribution is -2.23. The maximum absolute atomic E-state index is 14.1.